The molecule has 0 saturated heterocycles. The van der Waals surface area contributed by atoms with Gasteiger partial charge in [0.15, 0.2) is 0 Å². The lowest BCUT2D eigenvalue weighted by atomic mass is 10.0. The van der Waals surface area contributed by atoms with E-state index in [4.69, 9.17) is 5.73 Å². The molecule has 0 atom stereocenters. The summed E-state index contributed by atoms with van der Waals surface area (Å²) >= 11 is 0. The third-order valence-electron chi connectivity index (χ3n) is 3.27. The summed E-state index contributed by atoms with van der Waals surface area (Å²) in [6.07, 6.45) is 4.19. The van der Waals surface area contributed by atoms with Crippen molar-refractivity contribution in [3.8, 4) is 0 Å². The van der Waals surface area contributed by atoms with Crippen molar-refractivity contribution in [1.82, 2.24) is 0 Å². The zero-order chi connectivity index (χ0) is 13.1. The monoisotopic (exact) mass is 248 g/mol. The first-order valence-electron chi connectivity index (χ1n) is 6.39. The maximum atomic E-state index is 6.19. The lowest BCUT2D eigenvalue weighted by Crippen LogP contribution is -2.23. The highest BCUT2D eigenvalue weighted by atomic mass is 15.1. The number of nitrogens with zero attached hydrogens (tertiary/aromatic N) is 1. The first-order valence-corrected chi connectivity index (χ1v) is 6.39. The summed E-state index contributed by atoms with van der Waals surface area (Å²) in [7, 11) is 0. The second-order valence-electron chi connectivity index (χ2n) is 4.56. The molecule has 19 heavy (non-hydrogen) atoms. The molecule has 2 aromatic carbocycles. The topological polar surface area (TPSA) is 29.3 Å². The highest BCUT2D eigenvalue weighted by Gasteiger charge is 2.13. The van der Waals surface area contributed by atoms with Crippen LogP contribution in [0.2, 0.25) is 0 Å². The Morgan fingerprint density at radius 1 is 0.842 bits per heavy atom. The van der Waals surface area contributed by atoms with Gasteiger partial charge in [-0.2, -0.15) is 0 Å². The van der Waals surface area contributed by atoms with Gasteiger partial charge in [-0.15, -0.1) is 0 Å². The summed E-state index contributed by atoms with van der Waals surface area (Å²) in [6.45, 7) is 0.842. The van der Waals surface area contributed by atoms with Crippen molar-refractivity contribution in [2.75, 3.05) is 11.4 Å². The highest BCUT2D eigenvalue weighted by molar-refractivity contribution is 5.80. The van der Waals surface area contributed by atoms with Crippen LogP contribution >= 0.6 is 0 Å². The molecule has 1 aliphatic heterocycles. The number of hydrogen-bond donors (Lipinski definition) is 1. The number of benzene rings is 2. The van der Waals surface area contributed by atoms with Gasteiger partial charge in [-0.3, -0.25) is 0 Å². The summed E-state index contributed by atoms with van der Waals surface area (Å²) < 4.78 is 0. The molecular weight excluding hydrogens is 232 g/mol. The summed E-state index contributed by atoms with van der Waals surface area (Å²) in [5, 5.41) is 0. The van der Waals surface area contributed by atoms with Gasteiger partial charge in [-0.1, -0.05) is 54.6 Å². The van der Waals surface area contributed by atoms with E-state index < -0.39 is 0 Å². The van der Waals surface area contributed by atoms with Crippen LogP contribution in [0.15, 0.2) is 78.6 Å². The van der Waals surface area contributed by atoms with Crippen LogP contribution in [0.3, 0.4) is 0 Å². The first-order chi connectivity index (χ1) is 9.34. The fourth-order valence-corrected chi connectivity index (χ4v) is 2.30. The Hall–Kier alpha value is -2.48. The van der Waals surface area contributed by atoms with Crippen LogP contribution in [0.25, 0.3) is 5.57 Å². The Balaban J connectivity index is 1.88. The van der Waals surface area contributed by atoms with Crippen molar-refractivity contribution in [2.24, 2.45) is 5.73 Å². The molecule has 2 aromatic rings. The van der Waals surface area contributed by atoms with E-state index in [1.807, 2.05) is 42.6 Å². The predicted molar refractivity (Wildman–Crippen MR) is 80.5 cm³/mol. The summed E-state index contributed by atoms with van der Waals surface area (Å²) in [4.78, 5) is 2.15. The fourth-order valence-electron chi connectivity index (χ4n) is 2.30. The molecular formula is C17H16N2. The summed E-state index contributed by atoms with van der Waals surface area (Å²) in [6, 6.07) is 20.5. The Morgan fingerprint density at radius 2 is 1.47 bits per heavy atom. The van der Waals surface area contributed by atoms with Gasteiger partial charge in [-0.25, -0.2) is 0 Å². The Morgan fingerprint density at radius 3 is 2.11 bits per heavy atom. The molecule has 0 spiro atoms. The molecule has 2 nitrogen and oxygen atoms in total. The number of rotatable bonds is 2. The van der Waals surface area contributed by atoms with Crippen molar-refractivity contribution in [3.05, 3.63) is 84.2 Å². The highest BCUT2D eigenvalue weighted by Crippen LogP contribution is 2.26. The SMILES string of the molecule is NC1=CN(c2ccccc2)CC=C1c1ccccc1. The second-order valence-corrected chi connectivity index (χ2v) is 4.56. The van der Waals surface area contributed by atoms with Crippen molar-refractivity contribution >= 4 is 11.3 Å². The number of anilines is 1. The molecule has 2 N–H and O–H groups in total. The van der Waals surface area contributed by atoms with Gasteiger partial charge in [0, 0.05) is 24.0 Å². The molecule has 0 aliphatic carbocycles. The molecule has 1 heterocycles. The van der Waals surface area contributed by atoms with E-state index in [2.05, 4.69) is 35.2 Å². The molecule has 94 valence electrons. The van der Waals surface area contributed by atoms with E-state index >= 15 is 0 Å². The molecule has 0 aromatic heterocycles. The zero-order valence-electron chi connectivity index (χ0n) is 10.7. The van der Waals surface area contributed by atoms with Gasteiger partial charge >= 0.3 is 0 Å². The van der Waals surface area contributed by atoms with Crippen LogP contribution < -0.4 is 10.6 Å². The third-order valence-corrected chi connectivity index (χ3v) is 3.27. The van der Waals surface area contributed by atoms with E-state index in [1.165, 1.54) is 5.56 Å². The second kappa shape index (κ2) is 5.02. The quantitative estimate of drug-likeness (QED) is 0.882. The Bertz CT molecular complexity index is 612. The largest absolute Gasteiger partial charge is 0.397 e. The Labute approximate surface area is 113 Å². The van der Waals surface area contributed by atoms with Crippen molar-refractivity contribution in [3.63, 3.8) is 0 Å². The van der Waals surface area contributed by atoms with E-state index in [0.717, 1.165) is 23.5 Å². The van der Waals surface area contributed by atoms with Crippen LogP contribution in [0, 0.1) is 0 Å². The number of nitrogens with two attached hydrogens (primary N) is 1. The molecule has 0 bridgehead atoms. The minimum atomic E-state index is 0.807. The van der Waals surface area contributed by atoms with Crippen molar-refractivity contribution in [1.29, 1.82) is 0 Å². The molecule has 0 unspecified atom stereocenters. The molecule has 1 aliphatic rings. The van der Waals surface area contributed by atoms with Crippen molar-refractivity contribution in [2.45, 2.75) is 0 Å². The molecule has 0 fully saturated rings. The van der Waals surface area contributed by atoms with Crippen LogP contribution in [-0.2, 0) is 0 Å². The van der Waals surface area contributed by atoms with Crippen LogP contribution in [0.1, 0.15) is 5.56 Å². The predicted octanol–water partition coefficient (Wildman–Crippen LogP) is 3.39. The third kappa shape index (κ3) is 2.38. The van der Waals surface area contributed by atoms with Gasteiger partial charge in [0.2, 0.25) is 0 Å². The zero-order valence-corrected chi connectivity index (χ0v) is 10.7. The lowest BCUT2D eigenvalue weighted by Gasteiger charge is -2.25. The maximum absolute atomic E-state index is 6.19. The molecule has 3 rings (SSSR count). The van der Waals surface area contributed by atoms with Crippen LogP contribution in [0.4, 0.5) is 5.69 Å². The van der Waals surface area contributed by atoms with Gasteiger partial charge in [0.1, 0.15) is 0 Å². The van der Waals surface area contributed by atoms with E-state index in [-0.39, 0.29) is 0 Å². The van der Waals surface area contributed by atoms with Gasteiger partial charge in [0.25, 0.3) is 0 Å². The minimum Gasteiger partial charge on any atom is -0.397 e. The number of para-hydroxylation sites is 1. The standard InChI is InChI=1S/C17H16N2/c18-17-13-19(15-9-5-2-6-10-15)12-11-16(17)14-7-3-1-4-8-14/h1-11,13H,12,18H2. The smallest absolute Gasteiger partial charge is 0.0556 e. The van der Waals surface area contributed by atoms with Gasteiger partial charge in [-0.05, 0) is 17.7 Å². The molecule has 0 radical (unpaired) electrons. The molecule has 0 amide bonds. The summed E-state index contributed by atoms with van der Waals surface area (Å²) in [5.74, 6) is 0. The Kier molecular flexibility index (Phi) is 3.07. The molecule has 0 saturated carbocycles. The maximum Gasteiger partial charge on any atom is 0.0556 e. The number of hydrogen-bond acceptors (Lipinski definition) is 2. The summed E-state index contributed by atoms with van der Waals surface area (Å²) in [5.41, 5.74) is 10.4. The van der Waals surface area contributed by atoms with Crippen LogP contribution in [-0.4, -0.2) is 6.54 Å². The van der Waals surface area contributed by atoms with E-state index in [0.29, 0.717) is 0 Å². The lowest BCUT2D eigenvalue weighted by molar-refractivity contribution is 1.05. The first kappa shape index (κ1) is 11.6. The average Bonchev–Trinajstić information content (AvgIpc) is 2.49. The van der Waals surface area contributed by atoms with Crippen LogP contribution in [0.5, 0.6) is 0 Å². The molecule has 2 heteroatoms. The average molecular weight is 248 g/mol. The van der Waals surface area contributed by atoms with Crippen molar-refractivity contribution < 1.29 is 0 Å². The van der Waals surface area contributed by atoms with Gasteiger partial charge in [0.05, 0.1) is 5.70 Å². The minimum absolute atomic E-state index is 0.807. The normalized spacial score (nSPS) is 14.8. The van der Waals surface area contributed by atoms with E-state index in [9.17, 15) is 0 Å². The number of allylic oxidation sites excluding steroid dienone is 1. The van der Waals surface area contributed by atoms with Gasteiger partial charge < -0.3 is 10.6 Å². The van der Waals surface area contributed by atoms with E-state index in [1.54, 1.807) is 0 Å². The fraction of sp³-hybridized carbons (Fsp3) is 0.0588.